The van der Waals surface area contributed by atoms with Gasteiger partial charge in [-0.15, -0.1) is 0 Å². The maximum absolute atomic E-state index is 11.9. The van der Waals surface area contributed by atoms with E-state index in [1.54, 1.807) is 6.08 Å². The SMILES string of the molecule is C[C@H](NC(=O)N(C/C=C/c1ccccc1)CCO)C(=O)O. The molecule has 0 spiro atoms. The minimum Gasteiger partial charge on any atom is -0.480 e. The van der Waals surface area contributed by atoms with E-state index in [1.807, 2.05) is 36.4 Å². The average molecular weight is 292 g/mol. The Morgan fingerprint density at radius 1 is 1.33 bits per heavy atom. The largest absolute Gasteiger partial charge is 0.480 e. The molecule has 1 atom stereocenters. The zero-order valence-corrected chi connectivity index (χ0v) is 11.9. The number of nitrogens with one attached hydrogen (secondary N) is 1. The van der Waals surface area contributed by atoms with Gasteiger partial charge in [0.25, 0.3) is 0 Å². The maximum Gasteiger partial charge on any atom is 0.325 e. The number of urea groups is 1. The van der Waals surface area contributed by atoms with Gasteiger partial charge >= 0.3 is 12.0 Å². The van der Waals surface area contributed by atoms with Gasteiger partial charge < -0.3 is 20.4 Å². The van der Waals surface area contributed by atoms with Crippen molar-refractivity contribution in [2.24, 2.45) is 0 Å². The Labute approximate surface area is 123 Å². The summed E-state index contributed by atoms with van der Waals surface area (Å²) in [7, 11) is 0. The molecule has 3 N–H and O–H groups in total. The third-order valence-corrected chi connectivity index (χ3v) is 2.80. The van der Waals surface area contributed by atoms with Crippen molar-refractivity contribution in [3.63, 3.8) is 0 Å². The van der Waals surface area contributed by atoms with Crippen molar-refractivity contribution in [2.75, 3.05) is 19.7 Å². The van der Waals surface area contributed by atoms with E-state index in [-0.39, 0.29) is 19.7 Å². The molecule has 1 aromatic carbocycles. The van der Waals surface area contributed by atoms with Crippen LogP contribution in [0.15, 0.2) is 36.4 Å². The highest BCUT2D eigenvalue weighted by molar-refractivity contribution is 5.82. The first-order chi connectivity index (χ1) is 10.0. The molecular formula is C15H20N2O4. The predicted molar refractivity (Wildman–Crippen MR) is 79.8 cm³/mol. The smallest absolute Gasteiger partial charge is 0.325 e. The Morgan fingerprint density at radius 2 is 2.00 bits per heavy atom. The van der Waals surface area contributed by atoms with E-state index in [1.165, 1.54) is 11.8 Å². The highest BCUT2D eigenvalue weighted by atomic mass is 16.4. The second kappa shape index (κ2) is 8.76. The van der Waals surface area contributed by atoms with Crippen LogP contribution in [0.2, 0.25) is 0 Å². The molecule has 0 heterocycles. The summed E-state index contributed by atoms with van der Waals surface area (Å²) in [6.07, 6.45) is 3.65. The molecule has 0 bridgehead atoms. The number of carboxylic acid groups (broad SMARTS) is 1. The van der Waals surface area contributed by atoms with Crippen LogP contribution in [0, 0.1) is 0 Å². The van der Waals surface area contributed by atoms with Crippen LogP contribution in [-0.2, 0) is 4.79 Å². The molecule has 0 radical (unpaired) electrons. The molecule has 0 fully saturated rings. The van der Waals surface area contributed by atoms with Crippen LogP contribution in [0.4, 0.5) is 4.79 Å². The van der Waals surface area contributed by atoms with E-state index >= 15 is 0 Å². The highest BCUT2D eigenvalue weighted by Gasteiger charge is 2.18. The number of carbonyl (C=O) groups excluding carboxylic acids is 1. The standard InChI is InChI=1S/C15H20N2O4/c1-12(14(19)20)16-15(21)17(10-11-18)9-5-8-13-6-3-2-4-7-13/h2-8,12,18H,9-11H2,1H3,(H,16,21)(H,19,20)/b8-5+/t12-/m0/s1. The molecule has 6 nitrogen and oxygen atoms in total. The van der Waals surface area contributed by atoms with Crippen LogP contribution >= 0.6 is 0 Å². The Bertz CT molecular complexity index is 488. The summed E-state index contributed by atoms with van der Waals surface area (Å²) in [6.45, 7) is 1.62. The van der Waals surface area contributed by atoms with Crippen LogP contribution in [0.3, 0.4) is 0 Å². The number of rotatable bonds is 7. The lowest BCUT2D eigenvalue weighted by atomic mass is 10.2. The minimum absolute atomic E-state index is 0.136. The Balaban J connectivity index is 2.58. The van der Waals surface area contributed by atoms with Crippen LogP contribution in [0.5, 0.6) is 0 Å². The Hall–Kier alpha value is -2.34. The van der Waals surface area contributed by atoms with Gasteiger partial charge in [-0.05, 0) is 12.5 Å². The average Bonchev–Trinajstić information content (AvgIpc) is 2.47. The first kappa shape index (κ1) is 16.7. The highest BCUT2D eigenvalue weighted by Crippen LogP contribution is 2.01. The fourth-order valence-corrected chi connectivity index (χ4v) is 1.61. The lowest BCUT2D eigenvalue weighted by Crippen LogP contribution is -2.47. The van der Waals surface area contributed by atoms with E-state index in [0.717, 1.165) is 5.56 Å². The molecule has 0 aliphatic rings. The van der Waals surface area contributed by atoms with E-state index in [0.29, 0.717) is 0 Å². The minimum atomic E-state index is -1.10. The molecule has 21 heavy (non-hydrogen) atoms. The second-order valence-electron chi connectivity index (χ2n) is 4.49. The van der Waals surface area contributed by atoms with Gasteiger partial charge in [0.15, 0.2) is 0 Å². The number of amides is 2. The number of carbonyl (C=O) groups is 2. The van der Waals surface area contributed by atoms with Crippen molar-refractivity contribution >= 4 is 18.1 Å². The van der Waals surface area contributed by atoms with Crippen molar-refractivity contribution in [3.05, 3.63) is 42.0 Å². The van der Waals surface area contributed by atoms with Crippen molar-refractivity contribution in [3.8, 4) is 0 Å². The fraction of sp³-hybridized carbons (Fsp3) is 0.333. The number of aliphatic carboxylic acids is 1. The Kier molecular flexibility index (Phi) is 6.97. The normalized spacial score (nSPS) is 12.1. The van der Waals surface area contributed by atoms with Gasteiger partial charge in [0.2, 0.25) is 0 Å². The predicted octanol–water partition coefficient (Wildman–Crippen LogP) is 1.18. The monoisotopic (exact) mass is 292 g/mol. The van der Waals surface area contributed by atoms with Gasteiger partial charge in [0.1, 0.15) is 6.04 Å². The lowest BCUT2D eigenvalue weighted by molar-refractivity contribution is -0.138. The topological polar surface area (TPSA) is 89.9 Å². The van der Waals surface area contributed by atoms with E-state index in [2.05, 4.69) is 5.32 Å². The molecule has 0 aliphatic heterocycles. The van der Waals surface area contributed by atoms with Crippen LogP contribution in [0.25, 0.3) is 6.08 Å². The summed E-state index contributed by atoms with van der Waals surface area (Å²) in [5.74, 6) is -1.10. The number of hydrogen-bond donors (Lipinski definition) is 3. The van der Waals surface area contributed by atoms with Gasteiger partial charge in [-0.3, -0.25) is 4.79 Å². The third-order valence-electron chi connectivity index (χ3n) is 2.80. The summed E-state index contributed by atoms with van der Waals surface area (Å²) in [5.41, 5.74) is 1.00. The van der Waals surface area contributed by atoms with Gasteiger partial charge in [-0.25, -0.2) is 4.79 Å². The first-order valence-electron chi connectivity index (χ1n) is 6.65. The summed E-state index contributed by atoms with van der Waals surface area (Å²) >= 11 is 0. The molecule has 114 valence electrons. The van der Waals surface area contributed by atoms with Crippen molar-refractivity contribution in [1.82, 2.24) is 10.2 Å². The molecular weight excluding hydrogens is 272 g/mol. The van der Waals surface area contributed by atoms with Crippen LogP contribution in [-0.4, -0.2) is 52.9 Å². The number of aliphatic hydroxyl groups is 1. The van der Waals surface area contributed by atoms with Gasteiger partial charge in [0.05, 0.1) is 6.61 Å². The molecule has 2 amide bonds. The molecule has 0 aliphatic carbocycles. The van der Waals surface area contributed by atoms with Gasteiger partial charge in [0, 0.05) is 13.1 Å². The van der Waals surface area contributed by atoms with E-state index in [9.17, 15) is 9.59 Å². The lowest BCUT2D eigenvalue weighted by Gasteiger charge is -2.22. The molecule has 0 saturated heterocycles. The summed E-state index contributed by atoms with van der Waals surface area (Å²) in [6, 6.07) is 8.10. The van der Waals surface area contributed by atoms with Crippen LogP contribution < -0.4 is 5.32 Å². The molecule has 6 heteroatoms. The summed E-state index contributed by atoms with van der Waals surface area (Å²) in [4.78, 5) is 24.0. The number of carboxylic acids is 1. The third kappa shape index (κ3) is 6.09. The zero-order chi connectivity index (χ0) is 15.7. The molecule has 1 rings (SSSR count). The number of hydrogen-bond acceptors (Lipinski definition) is 3. The zero-order valence-electron chi connectivity index (χ0n) is 11.9. The fourth-order valence-electron chi connectivity index (χ4n) is 1.61. The quantitative estimate of drug-likeness (QED) is 0.704. The number of nitrogens with zero attached hydrogens (tertiary/aromatic N) is 1. The van der Waals surface area contributed by atoms with E-state index < -0.39 is 18.0 Å². The molecule has 0 aromatic heterocycles. The second-order valence-corrected chi connectivity index (χ2v) is 4.49. The van der Waals surface area contributed by atoms with Crippen LogP contribution in [0.1, 0.15) is 12.5 Å². The maximum atomic E-state index is 11.9. The van der Waals surface area contributed by atoms with Gasteiger partial charge in [-0.1, -0.05) is 42.5 Å². The van der Waals surface area contributed by atoms with E-state index in [4.69, 9.17) is 10.2 Å². The van der Waals surface area contributed by atoms with Crippen molar-refractivity contribution in [1.29, 1.82) is 0 Å². The number of aliphatic hydroxyl groups excluding tert-OH is 1. The van der Waals surface area contributed by atoms with Gasteiger partial charge in [-0.2, -0.15) is 0 Å². The summed E-state index contributed by atoms with van der Waals surface area (Å²) < 4.78 is 0. The Morgan fingerprint density at radius 3 is 2.57 bits per heavy atom. The number of benzene rings is 1. The van der Waals surface area contributed by atoms with Crippen molar-refractivity contribution < 1.29 is 19.8 Å². The molecule has 0 saturated carbocycles. The molecule has 1 aromatic rings. The first-order valence-corrected chi connectivity index (χ1v) is 6.65. The summed E-state index contributed by atoms with van der Waals surface area (Å²) in [5, 5.41) is 20.1. The molecule has 0 unspecified atom stereocenters. The van der Waals surface area contributed by atoms with Crippen molar-refractivity contribution in [2.45, 2.75) is 13.0 Å².